The first-order valence-electron chi connectivity index (χ1n) is 7.01. The van der Waals surface area contributed by atoms with Crippen LogP contribution in [0.5, 0.6) is 5.75 Å². The van der Waals surface area contributed by atoms with Crippen molar-refractivity contribution in [3.63, 3.8) is 0 Å². The molecule has 0 fully saturated rings. The Hall–Kier alpha value is -2.88. The zero-order chi connectivity index (χ0) is 15.5. The predicted octanol–water partition coefficient (Wildman–Crippen LogP) is 3.98. The van der Waals surface area contributed by atoms with Crippen LogP contribution in [0.3, 0.4) is 0 Å². The standard InChI is InChI=1S/C18H14O4/c1-2-17(19)21-14-8-5-7-13(10-14)18(20)16-11-12-6-3-4-9-15(12)22-16/h3-11H,2H2,1H3. The summed E-state index contributed by atoms with van der Waals surface area (Å²) < 4.78 is 10.7. The normalized spacial score (nSPS) is 10.6. The van der Waals surface area contributed by atoms with E-state index in [1.807, 2.05) is 24.3 Å². The maximum Gasteiger partial charge on any atom is 0.310 e. The van der Waals surface area contributed by atoms with Crippen molar-refractivity contribution in [1.29, 1.82) is 0 Å². The average molecular weight is 294 g/mol. The lowest BCUT2D eigenvalue weighted by molar-refractivity contribution is -0.134. The molecule has 3 aromatic rings. The molecule has 0 amide bonds. The molecule has 0 bridgehead atoms. The lowest BCUT2D eigenvalue weighted by Gasteiger charge is -2.04. The zero-order valence-electron chi connectivity index (χ0n) is 12.0. The third-order valence-electron chi connectivity index (χ3n) is 3.27. The summed E-state index contributed by atoms with van der Waals surface area (Å²) in [5.74, 6) is 0.0351. The Kier molecular flexibility index (Phi) is 3.74. The molecule has 0 atom stereocenters. The van der Waals surface area contributed by atoms with Crippen LogP contribution in [-0.2, 0) is 4.79 Å². The Bertz CT molecular complexity index is 812. The largest absolute Gasteiger partial charge is 0.453 e. The van der Waals surface area contributed by atoms with Gasteiger partial charge in [0.1, 0.15) is 11.3 Å². The molecule has 3 rings (SSSR count). The predicted molar refractivity (Wildman–Crippen MR) is 82.0 cm³/mol. The average Bonchev–Trinajstić information content (AvgIpc) is 2.98. The molecule has 0 saturated carbocycles. The first kappa shape index (κ1) is 14.1. The number of esters is 1. The van der Waals surface area contributed by atoms with Gasteiger partial charge in [0.05, 0.1) is 0 Å². The van der Waals surface area contributed by atoms with Crippen LogP contribution in [-0.4, -0.2) is 11.8 Å². The third-order valence-corrected chi connectivity index (χ3v) is 3.27. The Labute approximate surface area is 127 Å². The summed E-state index contributed by atoms with van der Waals surface area (Å²) in [6.45, 7) is 1.71. The van der Waals surface area contributed by atoms with E-state index in [9.17, 15) is 9.59 Å². The van der Waals surface area contributed by atoms with Crippen molar-refractivity contribution >= 4 is 22.7 Å². The van der Waals surface area contributed by atoms with E-state index in [0.717, 1.165) is 5.39 Å². The van der Waals surface area contributed by atoms with Gasteiger partial charge in [-0.25, -0.2) is 0 Å². The van der Waals surface area contributed by atoms with Crippen molar-refractivity contribution in [2.45, 2.75) is 13.3 Å². The van der Waals surface area contributed by atoms with E-state index in [4.69, 9.17) is 9.15 Å². The molecular weight excluding hydrogens is 280 g/mol. The Morgan fingerprint density at radius 1 is 1.05 bits per heavy atom. The number of ether oxygens (including phenoxy) is 1. The van der Waals surface area contributed by atoms with Crippen LogP contribution in [0.25, 0.3) is 11.0 Å². The van der Waals surface area contributed by atoms with E-state index in [0.29, 0.717) is 16.9 Å². The van der Waals surface area contributed by atoms with Crippen LogP contribution >= 0.6 is 0 Å². The molecule has 0 saturated heterocycles. The fourth-order valence-electron chi connectivity index (χ4n) is 2.14. The topological polar surface area (TPSA) is 56.5 Å². The maximum absolute atomic E-state index is 12.5. The minimum Gasteiger partial charge on any atom is -0.453 e. The molecule has 2 aromatic carbocycles. The smallest absolute Gasteiger partial charge is 0.310 e. The van der Waals surface area contributed by atoms with Crippen molar-refractivity contribution < 1.29 is 18.7 Å². The molecule has 0 N–H and O–H groups in total. The maximum atomic E-state index is 12.5. The van der Waals surface area contributed by atoms with Gasteiger partial charge >= 0.3 is 5.97 Å². The van der Waals surface area contributed by atoms with Crippen molar-refractivity contribution in [3.8, 4) is 5.75 Å². The summed E-state index contributed by atoms with van der Waals surface area (Å²) in [6.07, 6.45) is 0.280. The summed E-state index contributed by atoms with van der Waals surface area (Å²) in [7, 11) is 0. The third kappa shape index (κ3) is 2.76. The van der Waals surface area contributed by atoms with Gasteiger partial charge in [-0.1, -0.05) is 37.3 Å². The molecule has 1 heterocycles. The highest BCUT2D eigenvalue weighted by Crippen LogP contribution is 2.23. The van der Waals surface area contributed by atoms with Crippen LogP contribution in [0.4, 0.5) is 0 Å². The first-order chi connectivity index (χ1) is 10.7. The van der Waals surface area contributed by atoms with Gasteiger partial charge in [0.25, 0.3) is 0 Å². The molecule has 4 nitrogen and oxygen atoms in total. The lowest BCUT2D eigenvalue weighted by atomic mass is 10.1. The number of ketones is 1. The molecule has 0 aliphatic carbocycles. The van der Waals surface area contributed by atoms with Gasteiger partial charge in [-0.15, -0.1) is 0 Å². The van der Waals surface area contributed by atoms with Gasteiger partial charge in [-0.05, 0) is 24.3 Å². The minimum atomic E-state index is -0.340. The number of fused-ring (bicyclic) bond motifs is 1. The van der Waals surface area contributed by atoms with Gasteiger partial charge in [-0.3, -0.25) is 9.59 Å². The number of hydrogen-bond acceptors (Lipinski definition) is 4. The van der Waals surface area contributed by atoms with E-state index < -0.39 is 0 Å². The molecule has 0 radical (unpaired) electrons. The van der Waals surface area contributed by atoms with Crippen LogP contribution in [0, 0.1) is 0 Å². The second-order valence-electron chi connectivity index (χ2n) is 4.83. The van der Waals surface area contributed by atoms with Crippen molar-refractivity contribution in [1.82, 2.24) is 0 Å². The highest BCUT2D eigenvalue weighted by molar-refractivity contribution is 6.09. The van der Waals surface area contributed by atoms with Gasteiger partial charge in [0.2, 0.25) is 5.78 Å². The SMILES string of the molecule is CCC(=O)Oc1cccc(C(=O)c2cc3ccccc3o2)c1. The van der Waals surface area contributed by atoms with Crippen LogP contribution in [0.1, 0.15) is 29.5 Å². The van der Waals surface area contributed by atoms with Gasteiger partial charge in [-0.2, -0.15) is 0 Å². The Balaban J connectivity index is 1.91. The number of rotatable bonds is 4. The van der Waals surface area contributed by atoms with E-state index in [-0.39, 0.29) is 23.9 Å². The summed E-state index contributed by atoms with van der Waals surface area (Å²) in [5.41, 5.74) is 1.08. The van der Waals surface area contributed by atoms with Gasteiger partial charge in [0, 0.05) is 17.4 Å². The molecule has 22 heavy (non-hydrogen) atoms. The van der Waals surface area contributed by atoms with Crippen LogP contribution in [0.2, 0.25) is 0 Å². The lowest BCUT2D eigenvalue weighted by Crippen LogP contribution is -2.06. The van der Waals surface area contributed by atoms with E-state index in [2.05, 4.69) is 0 Å². The number of hydrogen-bond donors (Lipinski definition) is 0. The highest BCUT2D eigenvalue weighted by Gasteiger charge is 2.15. The fraction of sp³-hybridized carbons (Fsp3) is 0.111. The monoisotopic (exact) mass is 294 g/mol. The summed E-state index contributed by atoms with van der Waals surface area (Å²) in [4.78, 5) is 23.8. The number of furan rings is 1. The molecule has 4 heteroatoms. The molecule has 0 unspecified atom stereocenters. The second kappa shape index (κ2) is 5.85. The van der Waals surface area contributed by atoms with Crippen molar-refractivity contribution in [2.24, 2.45) is 0 Å². The molecule has 0 spiro atoms. The van der Waals surface area contributed by atoms with E-state index >= 15 is 0 Å². The fourth-order valence-corrected chi connectivity index (χ4v) is 2.14. The Morgan fingerprint density at radius 3 is 2.64 bits per heavy atom. The highest BCUT2D eigenvalue weighted by atomic mass is 16.5. The number of para-hydroxylation sites is 1. The molecule has 110 valence electrons. The van der Waals surface area contributed by atoms with E-state index in [1.54, 1.807) is 37.3 Å². The first-order valence-corrected chi connectivity index (χ1v) is 7.01. The summed E-state index contributed by atoms with van der Waals surface area (Å²) in [6, 6.07) is 15.7. The number of carbonyl (C=O) groups excluding carboxylic acids is 2. The van der Waals surface area contributed by atoms with Crippen molar-refractivity contribution in [3.05, 3.63) is 65.9 Å². The van der Waals surface area contributed by atoms with Crippen LogP contribution < -0.4 is 4.74 Å². The van der Waals surface area contributed by atoms with Crippen molar-refractivity contribution in [2.75, 3.05) is 0 Å². The van der Waals surface area contributed by atoms with Gasteiger partial charge < -0.3 is 9.15 Å². The molecule has 0 aliphatic rings. The zero-order valence-corrected chi connectivity index (χ0v) is 12.0. The van der Waals surface area contributed by atoms with Crippen LogP contribution in [0.15, 0.2) is 59.0 Å². The Morgan fingerprint density at radius 2 is 1.86 bits per heavy atom. The minimum absolute atomic E-state index is 0.245. The van der Waals surface area contributed by atoms with E-state index in [1.165, 1.54) is 0 Å². The quantitative estimate of drug-likeness (QED) is 0.415. The number of benzene rings is 2. The summed E-state index contributed by atoms with van der Waals surface area (Å²) >= 11 is 0. The number of carbonyl (C=O) groups is 2. The van der Waals surface area contributed by atoms with Gasteiger partial charge in [0.15, 0.2) is 5.76 Å². The second-order valence-corrected chi connectivity index (χ2v) is 4.83. The summed E-state index contributed by atoms with van der Waals surface area (Å²) in [5, 5.41) is 0.874. The molecular formula is C18H14O4. The molecule has 0 aliphatic heterocycles. The molecule has 1 aromatic heterocycles.